The number of fused-ring (bicyclic) bond motifs is 3. The first kappa shape index (κ1) is 8.01. The van der Waals surface area contributed by atoms with Gasteiger partial charge in [-0.05, 0) is 12.1 Å². The Morgan fingerprint density at radius 3 is 2.93 bits per heavy atom. The molecule has 3 rings (SSSR count). The van der Waals surface area contributed by atoms with Gasteiger partial charge >= 0.3 is 0 Å². The number of nitriles is 1. The highest BCUT2D eigenvalue weighted by Gasteiger charge is 2.03. The molecule has 0 N–H and O–H groups in total. The van der Waals surface area contributed by atoms with Crippen molar-refractivity contribution in [1.82, 2.24) is 9.55 Å². The molecule has 0 spiro atoms. The summed E-state index contributed by atoms with van der Waals surface area (Å²) in [6.45, 7) is 0. The molecule has 0 amide bonds. The van der Waals surface area contributed by atoms with Gasteiger partial charge in [0.05, 0.1) is 5.52 Å². The number of nitrogens with zero attached hydrogens (tertiary/aromatic N) is 3. The molecule has 0 bridgehead atoms. The van der Waals surface area contributed by atoms with Crippen molar-refractivity contribution in [3.63, 3.8) is 0 Å². The molecule has 0 aliphatic carbocycles. The molecule has 0 radical (unpaired) electrons. The van der Waals surface area contributed by atoms with Crippen LogP contribution >= 0.6 is 0 Å². The van der Waals surface area contributed by atoms with E-state index < -0.39 is 0 Å². The van der Waals surface area contributed by atoms with Crippen LogP contribution in [0.1, 0.15) is 0 Å². The quantitative estimate of drug-likeness (QED) is 0.550. The van der Waals surface area contributed by atoms with Crippen molar-refractivity contribution >= 4 is 21.7 Å². The smallest absolute Gasteiger partial charge is 0.188 e. The van der Waals surface area contributed by atoms with Crippen molar-refractivity contribution < 1.29 is 0 Å². The number of pyridine rings is 1. The number of aromatic nitrogens is 2. The van der Waals surface area contributed by atoms with Gasteiger partial charge in [0, 0.05) is 34.7 Å². The summed E-state index contributed by atoms with van der Waals surface area (Å²) < 4.78 is 1.56. The van der Waals surface area contributed by atoms with E-state index in [9.17, 15) is 0 Å². The largest absolute Gasteiger partial charge is 0.263 e. The molecule has 70 valence electrons. The Bertz CT molecular complexity index is 689. The Kier molecular flexibility index (Phi) is 1.51. The van der Waals surface area contributed by atoms with E-state index in [1.165, 1.54) is 0 Å². The third-order valence-corrected chi connectivity index (χ3v) is 2.58. The van der Waals surface area contributed by atoms with Gasteiger partial charge in [-0.1, -0.05) is 12.1 Å². The van der Waals surface area contributed by atoms with Gasteiger partial charge in [0.2, 0.25) is 0 Å². The first-order valence-electron chi connectivity index (χ1n) is 4.64. The van der Waals surface area contributed by atoms with Crippen LogP contribution in [0.25, 0.3) is 21.7 Å². The van der Waals surface area contributed by atoms with Crippen LogP contribution in [-0.2, 0) is 0 Å². The average molecular weight is 193 g/mol. The minimum atomic E-state index is 0.917. The number of hydrogen-bond acceptors (Lipinski definition) is 2. The van der Waals surface area contributed by atoms with Crippen LogP contribution < -0.4 is 0 Å². The average Bonchev–Trinajstić information content (AvgIpc) is 2.76. The molecule has 0 atom stereocenters. The second kappa shape index (κ2) is 2.82. The molecular formula is C12H7N3. The molecule has 3 aromatic rings. The fraction of sp³-hybridized carbons (Fsp3) is 0. The second-order valence-electron chi connectivity index (χ2n) is 3.39. The van der Waals surface area contributed by atoms with Crippen LogP contribution in [-0.4, -0.2) is 9.55 Å². The molecular weight excluding hydrogens is 186 g/mol. The predicted octanol–water partition coefficient (Wildman–Crippen LogP) is 2.52. The van der Waals surface area contributed by atoms with Gasteiger partial charge in [0.25, 0.3) is 0 Å². The molecule has 15 heavy (non-hydrogen) atoms. The molecule has 0 unspecified atom stereocenters. The summed E-state index contributed by atoms with van der Waals surface area (Å²) in [6, 6.07) is 7.81. The zero-order chi connectivity index (χ0) is 10.3. The topological polar surface area (TPSA) is 41.6 Å². The van der Waals surface area contributed by atoms with Crippen LogP contribution in [0.15, 0.2) is 42.9 Å². The highest BCUT2D eigenvalue weighted by molar-refractivity contribution is 6.06. The lowest BCUT2D eigenvalue weighted by atomic mass is 10.1. The standard InChI is InChI=1S/C12H7N3/c13-8-15-5-1-2-10-11-7-14-6-9(11)3-4-12(10)15/h1-7H. The van der Waals surface area contributed by atoms with Crippen LogP contribution in [0.4, 0.5) is 0 Å². The van der Waals surface area contributed by atoms with Crippen molar-refractivity contribution in [2.24, 2.45) is 0 Å². The molecule has 0 aliphatic rings. The van der Waals surface area contributed by atoms with E-state index in [0.717, 1.165) is 21.7 Å². The summed E-state index contributed by atoms with van der Waals surface area (Å²) in [5, 5.41) is 12.2. The van der Waals surface area contributed by atoms with E-state index in [-0.39, 0.29) is 0 Å². The van der Waals surface area contributed by atoms with E-state index in [1.807, 2.05) is 36.7 Å². The third-order valence-electron chi connectivity index (χ3n) is 2.58. The minimum absolute atomic E-state index is 0.917. The Labute approximate surface area is 86.2 Å². The molecule has 2 aromatic heterocycles. The van der Waals surface area contributed by atoms with Gasteiger partial charge in [0.15, 0.2) is 6.19 Å². The van der Waals surface area contributed by atoms with E-state index in [4.69, 9.17) is 5.26 Å². The third kappa shape index (κ3) is 1.02. The molecule has 3 heteroatoms. The maximum Gasteiger partial charge on any atom is 0.188 e. The molecule has 3 nitrogen and oxygen atoms in total. The maximum absolute atomic E-state index is 8.96. The fourth-order valence-corrected chi connectivity index (χ4v) is 1.87. The lowest BCUT2D eigenvalue weighted by Crippen LogP contribution is -1.90. The van der Waals surface area contributed by atoms with Crippen molar-refractivity contribution in [3.05, 3.63) is 42.9 Å². The van der Waals surface area contributed by atoms with E-state index in [2.05, 4.69) is 11.2 Å². The monoisotopic (exact) mass is 193 g/mol. The Morgan fingerprint density at radius 2 is 2.07 bits per heavy atom. The summed E-state index contributed by atoms with van der Waals surface area (Å²) in [5.74, 6) is 0. The van der Waals surface area contributed by atoms with Crippen molar-refractivity contribution in [1.29, 1.82) is 5.26 Å². The van der Waals surface area contributed by atoms with Crippen LogP contribution in [0, 0.1) is 11.5 Å². The normalized spacial score (nSPS) is 10.6. The van der Waals surface area contributed by atoms with Gasteiger partial charge < -0.3 is 0 Å². The Balaban J connectivity index is 2.61. The van der Waals surface area contributed by atoms with E-state index >= 15 is 0 Å². The van der Waals surface area contributed by atoms with Crippen molar-refractivity contribution in [2.45, 2.75) is 0 Å². The number of benzene rings is 1. The molecule has 1 aromatic carbocycles. The first-order valence-corrected chi connectivity index (χ1v) is 4.64. The SMILES string of the molecule is N#Cn1cccc2c3cncc3ccc21. The number of hydrogen-bond donors (Lipinski definition) is 0. The van der Waals surface area contributed by atoms with E-state index in [0.29, 0.717) is 0 Å². The summed E-state index contributed by atoms with van der Waals surface area (Å²) in [4.78, 5) is 4.11. The van der Waals surface area contributed by atoms with Gasteiger partial charge in [0.1, 0.15) is 0 Å². The predicted molar refractivity (Wildman–Crippen MR) is 58.3 cm³/mol. The van der Waals surface area contributed by atoms with E-state index in [1.54, 1.807) is 10.8 Å². The number of rotatable bonds is 0. The summed E-state index contributed by atoms with van der Waals surface area (Å²) in [7, 11) is 0. The summed E-state index contributed by atoms with van der Waals surface area (Å²) >= 11 is 0. The molecule has 2 heterocycles. The highest BCUT2D eigenvalue weighted by Crippen LogP contribution is 2.24. The van der Waals surface area contributed by atoms with Gasteiger partial charge in [-0.2, -0.15) is 5.26 Å². The van der Waals surface area contributed by atoms with Gasteiger partial charge in [-0.25, -0.2) is 0 Å². The Hall–Kier alpha value is -2.34. The molecule has 0 saturated carbocycles. The highest BCUT2D eigenvalue weighted by atomic mass is 14.9. The summed E-state index contributed by atoms with van der Waals surface area (Å²) in [6.07, 6.45) is 7.54. The molecule has 0 aliphatic heterocycles. The minimum Gasteiger partial charge on any atom is -0.263 e. The zero-order valence-corrected chi connectivity index (χ0v) is 7.88. The lowest BCUT2D eigenvalue weighted by Gasteiger charge is -2.02. The van der Waals surface area contributed by atoms with Crippen LogP contribution in [0.2, 0.25) is 0 Å². The Morgan fingerprint density at radius 1 is 1.13 bits per heavy atom. The van der Waals surface area contributed by atoms with Crippen molar-refractivity contribution in [3.8, 4) is 6.19 Å². The lowest BCUT2D eigenvalue weighted by molar-refractivity contribution is 1.13. The van der Waals surface area contributed by atoms with Gasteiger partial charge in [-0.15, -0.1) is 0 Å². The zero-order valence-electron chi connectivity index (χ0n) is 7.88. The van der Waals surface area contributed by atoms with Crippen LogP contribution in [0.3, 0.4) is 0 Å². The molecule has 0 fully saturated rings. The summed E-state index contributed by atoms with van der Waals surface area (Å²) in [5.41, 5.74) is 0.917. The molecule has 0 saturated heterocycles. The first-order chi connectivity index (χ1) is 7.40. The maximum atomic E-state index is 8.96. The van der Waals surface area contributed by atoms with Crippen molar-refractivity contribution in [2.75, 3.05) is 0 Å². The second-order valence-corrected chi connectivity index (χ2v) is 3.39. The fourth-order valence-electron chi connectivity index (χ4n) is 1.87. The van der Waals surface area contributed by atoms with Crippen LogP contribution in [0.5, 0.6) is 0 Å². The van der Waals surface area contributed by atoms with Gasteiger partial charge in [-0.3, -0.25) is 9.55 Å².